The fraction of sp³-hybridized carbons (Fsp3) is 0.385. The minimum atomic E-state index is -0.193. The number of aromatic nitrogens is 1. The summed E-state index contributed by atoms with van der Waals surface area (Å²) in [6.45, 7) is 2.03. The van der Waals surface area contributed by atoms with Crippen LogP contribution >= 0.6 is 0 Å². The lowest BCUT2D eigenvalue weighted by Crippen LogP contribution is -2.34. The van der Waals surface area contributed by atoms with Crippen molar-refractivity contribution in [3.8, 4) is 12.3 Å². The Balaban J connectivity index is 2.49. The van der Waals surface area contributed by atoms with Crippen LogP contribution in [0.2, 0.25) is 0 Å². The van der Waals surface area contributed by atoms with Crippen LogP contribution in [-0.2, 0) is 11.2 Å². The summed E-state index contributed by atoms with van der Waals surface area (Å²) in [4.78, 5) is 15.7. The number of amides is 1. The molecule has 0 aromatic carbocycles. The summed E-state index contributed by atoms with van der Waals surface area (Å²) in [5.74, 6) is 2.44. The summed E-state index contributed by atoms with van der Waals surface area (Å²) in [5.41, 5.74) is 6.78. The van der Waals surface area contributed by atoms with E-state index in [-0.39, 0.29) is 18.4 Å². The Bertz CT molecular complexity index is 406. The van der Waals surface area contributed by atoms with E-state index in [0.717, 1.165) is 12.8 Å². The highest BCUT2D eigenvalue weighted by molar-refractivity contribution is 5.78. The molecule has 3 N–H and O–H groups in total. The molecule has 0 aliphatic carbocycles. The minimum absolute atomic E-state index is 0.112. The molecule has 0 spiro atoms. The molecule has 1 unspecified atom stereocenters. The highest BCUT2D eigenvalue weighted by Gasteiger charge is 2.09. The molecule has 0 fully saturated rings. The number of nitrogens with one attached hydrogen (secondary N) is 1. The fourth-order valence-corrected chi connectivity index (χ4v) is 1.44. The van der Waals surface area contributed by atoms with E-state index in [1.54, 1.807) is 12.1 Å². The van der Waals surface area contributed by atoms with E-state index in [4.69, 9.17) is 12.2 Å². The van der Waals surface area contributed by atoms with Gasteiger partial charge in [0.15, 0.2) is 0 Å². The van der Waals surface area contributed by atoms with E-state index in [2.05, 4.69) is 16.2 Å². The van der Waals surface area contributed by atoms with E-state index >= 15 is 0 Å². The number of nitrogen functional groups attached to an aromatic ring is 1. The first kappa shape index (κ1) is 13.0. The summed E-state index contributed by atoms with van der Waals surface area (Å²) in [6, 6.07) is 3.27. The van der Waals surface area contributed by atoms with Crippen molar-refractivity contribution in [2.75, 3.05) is 5.73 Å². The van der Waals surface area contributed by atoms with Crippen LogP contribution in [0.25, 0.3) is 0 Å². The second-order valence-electron chi connectivity index (χ2n) is 3.84. The molecule has 0 saturated heterocycles. The van der Waals surface area contributed by atoms with Crippen LogP contribution in [-0.4, -0.2) is 16.9 Å². The van der Waals surface area contributed by atoms with Gasteiger partial charge in [-0.2, -0.15) is 0 Å². The zero-order valence-electron chi connectivity index (χ0n) is 9.94. The number of hydrogen-bond acceptors (Lipinski definition) is 3. The highest BCUT2D eigenvalue weighted by atomic mass is 16.1. The van der Waals surface area contributed by atoms with Gasteiger partial charge in [0.25, 0.3) is 0 Å². The van der Waals surface area contributed by atoms with Gasteiger partial charge in [-0.25, -0.2) is 0 Å². The lowest BCUT2D eigenvalue weighted by Gasteiger charge is -2.11. The molecule has 90 valence electrons. The number of carbonyl (C=O) groups is 1. The fourth-order valence-electron chi connectivity index (χ4n) is 1.44. The van der Waals surface area contributed by atoms with Gasteiger partial charge in [-0.3, -0.25) is 9.78 Å². The Morgan fingerprint density at radius 1 is 1.65 bits per heavy atom. The Hall–Kier alpha value is -2.02. The summed E-state index contributed by atoms with van der Waals surface area (Å²) in [5, 5.41) is 2.78. The van der Waals surface area contributed by atoms with Gasteiger partial charge in [0.1, 0.15) is 0 Å². The first-order chi connectivity index (χ1) is 8.15. The SMILES string of the molecule is C#CC(CCC)NC(=O)Cc1ccc(N)cn1. The Morgan fingerprint density at radius 2 is 2.41 bits per heavy atom. The third kappa shape index (κ3) is 4.56. The van der Waals surface area contributed by atoms with Gasteiger partial charge in [-0.1, -0.05) is 19.3 Å². The van der Waals surface area contributed by atoms with Crippen molar-refractivity contribution in [2.24, 2.45) is 0 Å². The number of nitrogens with zero attached hydrogens (tertiary/aromatic N) is 1. The van der Waals surface area contributed by atoms with Gasteiger partial charge in [-0.15, -0.1) is 6.42 Å². The van der Waals surface area contributed by atoms with Crippen LogP contribution in [0.4, 0.5) is 5.69 Å². The van der Waals surface area contributed by atoms with Crippen molar-refractivity contribution in [3.05, 3.63) is 24.0 Å². The molecule has 0 aliphatic rings. The van der Waals surface area contributed by atoms with Crippen LogP contribution in [0, 0.1) is 12.3 Å². The maximum Gasteiger partial charge on any atom is 0.226 e. The van der Waals surface area contributed by atoms with E-state index in [9.17, 15) is 4.79 Å². The monoisotopic (exact) mass is 231 g/mol. The third-order valence-corrected chi connectivity index (χ3v) is 2.30. The van der Waals surface area contributed by atoms with Crippen molar-refractivity contribution < 1.29 is 4.79 Å². The van der Waals surface area contributed by atoms with Gasteiger partial charge in [-0.05, 0) is 18.6 Å². The highest BCUT2D eigenvalue weighted by Crippen LogP contribution is 2.02. The van der Waals surface area contributed by atoms with E-state index in [1.165, 1.54) is 6.20 Å². The van der Waals surface area contributed by atoms with Crippen molar-refractivity contribution in [1.82, 2.24) is 10.3 Å². The topological polar surface area (TPSA) is 68.0 Å². The number of anilines is 1. The molecule has 1 heterocycles. The molecule has 4 nitrogen and oxygen atoms in total. The second kappa shape index (κ2) is 6.54. The number of pyridine rings is 1. The number of nitrogens with two attached hydrogens (primary N) is 1. The van der Waals surface area contributed by atoms with Crippen molar-refractivity contribution in [3.63, 3.8) is 0 Å². The van der Waals surface area contributed by atoms with Crippen molar-refractivity contribution in [1.29, 1.82) is 0 Å². The lowest BCUT2D eigenvalue weighted by atomic mass is 10.1. The molecule has 1 aromatic rings. The first-order valence-corrected chi connectivity index (χ1v) is 5.61. The quantitative estimate of drug-likeness (QED) is 0.746. The van der Waals surface area contributed by atoms with Crippen LogP contribution in [0.5, 0.6) is 0 Å². The van der Waals surface area contributed by atoms with Crippen LogP contribution < -0.4 is 11.1 Å². The number of hydrogen-bond donors (Lipinski definition) is 2. The second-order valence-corrected chi connectivity index (χ2v) is 3.84. The third-order valence-electron chi connectivity index (χ3n) is 2.30. The molecule has 0 aliphatic heterocycles. The predicted molar refractivity (Wildman–Crippen MR) is 68.0 cm³/mol. The van der Waals surface area contributed by atoms with Gasteiger partial charge in [0.05, 0.1) is 24.3 Å². The average molecular weight is 231 g/mol. The van der Waals surface area contributed by atoms with E-state index in [0.29, 0.717) is 11.4 Å². The first-order valence-electron chi connectivity index (χ1n) is 5.61. The van der Waals surface area contributed by atoms with Gasteiger partial charge >= 0.3 is 0 Å². The molecule has 1 aromatic heterocycles. The van der Waals surface area contributed by atoms with E-state index < -0.39 is 0 Å². The predicted octanol–water partition coefficient (Wildman–Crippen LogP) is 1.12. The van der Waals surface area contributed by atoms with Crippen LogP contribution in [0.1, 0.15) is 25.5 Å². The standard InChI is InChI=1S/C13H17N3O/c1-3-5-11(4-2)16-13(17)8-12-7-6-10(14)9-15-12/h2,6-7,9,11H,3,5,8,14H2,1H3,(H,16,17). The molecular weight excluding hydrogens is 214 g/mol. The number of rotatable bonds is 5. The average Bonchev–Trinajstić information content (AvgIpc) is 2.31. The maximum atomic E-state index is 11.7. The summed E-state index contributed by atoms with van der Waals surface area (Å²) < 4.78 is 0. The summed E-state index contributed by atoms with van der Waals surface area (Å²) >= 11 is 0. The van der Waals surface area contributed by atoms with Gasteiger partial charge < -0.3 is 11.1 Å². The van der Waals surface area contributed by atoms with E-state index in [1.807, 2.05) is 6.92 Å². The largest absolute Gasteiger partial charge is 0.397 e. The normalized spacial score (nSPS) is 11.5. The van der Waals surface area contributed by atoms with Gasteiger partial charge in [0.2, 0.25) is 5.91 Å². The molecule has 0 radical (unpaired) electrons. The van der Waals surface area contributed by atoms with Crippen molar-refractivity contribution in [2.45, 2.75) is 32.2 Å². The van der Waals surface area contributed by atoms with Crippen LogP contribution in [0.15, 0.2) is 18.3 Å². The Labute approximate surface area is 102 Å². The molecule has 4 heteroatoms. The van der Waals surface area contributed by atoms with Crippen molar-refractivity contribution >= 4 is 11.6 Å². The zero-order valence-corrected chi connectivity index (χ0v) is 9.94. The summed E-state index contributed by atoms with van der Waals surface area (Å²) in [7, 11) is 0. The Kier molecular flexibility index (Phi) is 5.02. The smallest absolute Gasteiger partial charge is 0.226 e. The molecular formula is C13H17N3O. The molecule has 17 heavy (non-hydrogen) atoms. The molecule has 1 amide bonds. The maximum absolute atomic E-state index is 11.7. The zero-order chi connectivity index (χ0) is 12.7. The lowest BCUT2D eigenvalue weighted by molar-refractivity contribution is -0.120. The molecule has 1 rings (SSSR count). The summed E-state index contributed by atoms with van der Waals surface area (Å²) in [6.07, 6.45) is 8.81. The van der Waals surface area contributed by atoms with Gasteiger partial charge in [0, 0.05) is 5.69 Å². The van der Waals surface area contributed by atoms with Crippen LogP contribution in [0.3, 0.4) is 0 Å². The Morgan fingerprint density at radius 3 is 2.94 bits per heavy atom. The molecule has 1 atom stereocenters. The molecule has 0 saturated carbocycles. The minimum Gasteiger partial charge on any atom is -0.397 e. The molecule has 0 bridgehead atoms. The number of terminal acetylenes is 1. The number of carbonyl (C=O) groups excluding carboxylic acids is 1.